The summed E-state index contributed by atoms with van der Waals surface area (Å²) >= 11 is 5.75. The third-order valence-corrected chi connectivity index (χ3v) is 3.37. The minimum absolute atomic E-state index is 0.129. The van der Waals surface area contributed by atoms with Gasteiger partial charge in [0, 0.05) is 6.54 Å². The standard InChI is InChI=1S/C15H13ClFN3/c1-9-2-5-13-14(6-9)20-15(19-13)18-8-10-3-4-12(17)11(16)7-10/h2-7H,8H2,1H3,(H2,18,19,20). The molecule has 0 saturated heterocycles. The zero-order chi connectivity index (χ0) is 14.1. The molecule has 1 heterocycles. The van der Waals surface area contributed by atoms with Crippen LogP contribution in [0.2, 0.25) is 5.02 Å². The second-order valence-electron chi connectivity index (χ2n) is 4.71. The molecule has 0 amide bonds. The van der Waals surface area contributed by atoms with Gasteiger partial charge in [-0.05, 0) is 42.3 Å². The molecule has 3 rings (SSSR count). The average molecular weight is 290 g/mol. The molecular weight excluding hydrogens is 277 g/mol. The van der Waals surface area contributed by atoms with Gasteiger partial charge in [0.1, 0.15) is 5.82 Å². The fraction of sp³-hybridized carbons (Fsp3) is 0.133. The Morgan fingerprint density at radius 1 is 1.25 bits per heavy atom. The molecule has 0 aliphatic heterocycles. The molecule has 0 fully saturated rings. The Bertz CT molecular complexity index is 767. The number of anilines is 1. The summed E-state index contributed by atoms with van der Waals surface area (Å²) in [7, 11) is 0. The van der Waals surface area contributed by atoms with E-state index < -0.39 is 5.82 Å². The van der Waals surface area contributed by atoms with Crippen molar-refractivity contribution in [2.24, 2.45) is 0 Å². The van der Waals surface area contributed by atoms with Gasteiger partial charge in [0.05, 0.1) is 16.1 Å². The number of hydrogen-bond acceptors (Lipinski definition) is 2. The maximum absolute atomic E-state index is 13.1. The number of aromatic amines is 1. The number of halogens is 2. The number of nitrogens with one attached hydrogen (secondary N) is 2. The lowest BCUT2D eigenvalue weighted by molar-refractivity contribution is 0.627. The van der Waals surface area contributed by atoms with E-state index in [0.717, 1.165) is 16.6 Å². The molecule has 2 N–H and O–H groups in total. The zero-order valence-corrected chi connectivity index (χ0v) is 11.6. The molecule has 0 atom stereocenters. The van der Waals surface area contributed by atoms with Crippen molar-refractivity contribution in [1.82, 2.24) is 9.97 Å². The predicted octanol–water partition coefficient (Wildman–Crippen LogP) is 4.28. The highest BCUT2D eigenvalue weighted by molar-refractivity contribution is 6.30. The second-order valence-corrected chi connectivity index (χ2v) is 5.12. The molecule has 3 nitrogen and oxygen atoms in total. The third kappa shape index (κ3) is 2.60. The molecule has 3 aromatic rings. The molecular formula is C15H13ClFN3. The van der Waals surface area contributed by atoms with E-state index in [4.69, 9.17) is 11.6 Å². The maximum Gasteiger partial charge on any atom is 0.201 e. The molecule has 102 valence electrons. The van der Waals surface area contributed by atoms with Crippen molar-refractivity contribution in [1.29, 1.82) is 0 Å². The number of fused-ring (bicyclic) bond motifs is 1. The highest BCUT2D eigenvalue weighted by atomic mass is 35.5. The average Bonchev–Trinajstić information content (AvgIpc) is 2.82. The monoisotopic (exact) mass is 289 g/mol. The molecule has 0 saturated carbocycles. The largest absolute Gasteiger partial charge is 0.352 e. The second kappa shape index (κ2) is 5.13. The van der Waals surface area contributed by atoms with Crippen LogP contribution in [0.25, 0.3) is 11.0 Å². The molecule has 0 unspecified atom stereocenters. The summed E-state index contributed by atoms with van der Waals surface area (Å²) in [6.45, 7) is 2.56. The van der Waals surface area contributed by atoms with Gasteiger partial charge in [0.25, 0.3) is 0 Å². The van der Waals surface area contributed by atoms with Crippen molar-refractivity contribution in [3.63, 3.8) is 0 Å². The SMILES string of the molecule is Cc1ccc2nc(NCc3ccc(F)c(Cl)c3)[nH]c2c1. The minimum atomic E-state index is -0.408. The van der Waals surface area contributed by atoms with Gasteiger partial charge in [0.2, 0.25) is 5.95 Å². The lowest BCUT2D eigenvalue weighted by Gasteiger charge is -2.03. The summed E-state index contributed by atoms with van der Waals surface area (Å²) in [5, 5.41) is 3.30. The van der Waals surface area contributed by atoms with Gasteiger partial charge in [-0.25, -0.2) is 9.37 Å². The van der Waals surface area contributed by atoms with Crippen LogP contribution in [0.4, 0.5) is 10.3 Å². The van der Waals surface area contributed by atoms with Crippen LogP contribution in [0.1, 0.15) is 11.1 Å². The van der Waals surface area contributed by atoms with Gasteiger partial charge in [-0.2, -0.15) is 0 Å². The fourth-order valence-electron chi connectivity index (χ4n) is 2.04. The first-order chi connectivity index (χ1) is 9.61. The number of benzene rings is 2. The number of nitrogens with zero attached hydrogens (tertiary/aromatic N) is 1. The van der Waals surface area contributed by atoms with Crippen LogP contribution in [-0.4, -0.2) is 9.97 Å². The van der Waals surface area contributed by atoms with Crippen LogP contribution in [-0.2, 0) is 6.54 Å². The summed E-state index contributed by atoms with van der Waals surface area (Å²) < 4.78 is 13.1. The summed E-state index contributed by atoms with van der Waals surface area (Å²) in [6, 6.07) is 10.7. The van der Waals surface area contributed by atoms with E-state index in [0.29, 0.717) is 12.5 Å². The van der Waals surface area contributed by atoms with Gasteiger partial charge in [-0.3, -0.25) is 0 Å². The van der Waals surface area contributed by atoms with Crippen molar-refractivity contribution in [3.05, 3.63) is 58.4 Å². The molecule has 0 bridgehead atoms. The number of aryl methyl sites for hydroxylation is 1. The first-order valence-electron chi connectivity index (χ1n) is 6.26. The smallest absolute Gasteiger partial charge is 0.201 e. The number of imidazole rings is 1. The Kier molecular flexibility index (Phi) is 3.32. The Balaban J connectivity index is 1.77. The van der Waals surface area contributed by atoms with Gasteiger partial charge in [-0.1, -0.05) is 23.7 Å². The normalized spacial score (nSPS) is 10.9. The van der Waals surface area contributed by atoms with Crippen LogP contribution >= 0.6 is 11.6 Å². The van der Waals surface area contributed by atoms with Crippen molar-refractivity contribution in [2.45, 2.75) is 13.5 Å². The molecule has 2 aromatic carbocycles. The van der Waals surface area contributed by atoms with Gasteiger partial charge < -0.3 is 10.3 Å². The molecule has 20 heavy (non-hydrogen) atoms. The van der Waals surface area contributed by atoms with Gasteiger partial charge in [0.15, 0.2) is 0 Å². The lowest BCUT2D eigenvalue weighted by atomic mass is 10.2. The fourth-order valence-corrected chi connectivity index (χ4v) is 2.25. The van der Waals surface area contributed by atoms with Crippen molar-refractivity contribution in [2.75, 3.05) is 5.32 Å². The summed E-state index contributed by atoms with van der Waals surface area (Å²) in [5.74, 6) is 0.278. The number of rotatable bonds is 3. The van der Waals surface area contributed by atoms with Crippen LogP contribution in [0, 0.1) is 12.7 Å². The molecule has 0 spiro atoms. The Morgan fingerprint density at radius 2 is 2.10 bits per heavy atom. The summed E-state index contributed by atoms with van der Waals surface area (Å²) in [5.41, 5.74) is 3.98. The summed E-state index contributed by atoms with van der Waals surface area (Å²) in [4.78, 5) is 7.64. The van der Waals surface area contributed by atoms with Gasteiger partial charge in [-0.15, -0.1) is 0 Å². The van der Waals surface area contributed by atoms with E-state index in [1.165, 1.54) is 11.6 Å². The number of H-pyrrole nitrogens is 1. The van der Waals surface area contributed by atoms with Crippen molar-refractivity contribution >= 4 is 28.6 Å². The Morgan fingerprint density at radius 3 is 2.90 bits per heavy atom. The number of hydrogen-bond donors (Lipinski definition) is 2. The van der Waals surface area contributed by atoms with Crippen LogP contribution in [0.3, 0.4) is 0 Å². The topological polar surface area (TPSA) is 40.7 Å². The molecule has 5 heteroatoms. The van der Waals surface area contributed by atoms with Crippen LogP contribution in [0.15, 0.2) is 36.4 Å². The van der Waals surface area contributed by atoms with E-state index in [1.807, 2.05) is 25.1 Å². The van der Waals surface area contributed by atoms with E-state index >= 15 is 0 Å². The summed E-state index contributed by atoms with van der Waals surface area (Å²) in [6.07, 6.45) is 0. The third-order valence-electron chi connectivity index (χ3n) is 3.08. The van der Waals surface area contributed by atoms with Crippen LogP contribution in [0.5, 0.6) is 0 Å². The molecule has 1 aromatic heterocycles. The quantitative estimate of drug-likeness (QED) is 0.756. The maximum atomic E-state index is 13.1. The predicted molar refractivity (Wildman–Crippen MR) is 79.6 cm³/mol. The minimum Gasteiger partial charge on any atom is -0.352 e. The van der Waals surface area contributed by atoms with Crippen LogP contribution < -0.4 is 5.32 Å². The molecule has 0 radical (unpaired) electrons. The number of aromatic nitrogens is 2. The van der Waals surface area contributed by atoms with E-state index in [1.54, 1.807) is 12.1 Å². The first kappa shape index (κ1) is 12.9. The highest BCUT2D eigenvalue weighted by Crippen LogP contribution is 2.18. The first-order valence-corrected chi connectivity index (χ1v) is 6.64. The Hall–Kier alpha value is -2.07. The highest BCUT2D eigenvalue weighted by Gasteiger charge is 2.04. The van der Waals surface area contributed by atoms with E-state index in [2.05, 4.69) is 15.3 Å². The van der Waals surface area contributed by atoms with Crippen molar-refractivity contribution in [3.8, 4) is 0 Å². The molecule has 0 aliphatic carbocycles. The van der Waals surface area contributed by atoms with Gasteiger partial charge >= 0.3 is 0 Å². The lowest BCUT2D eigenvalue weighted by Crippen LogP contribution is -2.01. The zero-order valence-electron chi connectivity index (χ0n) is 10.9. The van der Waals surface area contributed by atoms with E-state index in [9.17, 15) is 4.39 Å². The van der Waals surface area contributed by atoms with Crippen molar-refractivity contribution < 1.29 is 4.39 Å². The Labute approximate surface area is 120 Å². The van der Waals surface area contributed by atoms with E-state index in [-0.39, 0.29) is 5.02 Å². The molecule has 0 aliphatic rings.